The summed E-state index contributed by atoms with van der Waals surface area (Å²) in [4.78, 5) is 0. The van der Waals surface area contributed by atoms with E-state index in [1.165, 1.54) is 7.11 Å². The number of benzene rings is 1. The normalized spacial score (nSPS) is 15.0. The number of rotatable bonds is 6. The molecule has 1 aromatic rings. The minimum atomic E-state index is -6.41. The van der Waals surface area contributed by atoms with Crippen molar-refractivity contribution in [2.24, 2.45) is 0 Å². The van der Waals surface area contributed by atoms with Crippen LogP contribution in [0.5, 0.6) is 5.75 Å². The Morgan fingerprint density at radius 1 is 0.808 bits per heavy atom. The molecule has 0 aromatic heterocycles. The van der Waals surface area contributed by atoms with Crippen LogP contribution in [0.2, 0.25) is 0 Å². The van der Waals surface area contributed by atoms with Gasteiger partial charge >= 0.3 is 24.2 Å². The molecule has 1 aromatic carbocycles. The van der Waals surface area contributed by atoms with Crippen molar-refractivity contribution >= 4 is 0 Å². The van der Waals surface area contributed by atoms with Gasteiger partial charge in [0, 0.05) is 6.42 Å². The highest BCUT2D eigenvalue weighted by molar-refractivity contribution is 5.29. The first-order valence-corrected chi connectivity index (χ1v) is 6.75. The summed E-state index contributed by atoms with van der Waals surface area (Å²) in [7, 11) is 1.20. The average Bonchev–Trinajstić information content (AvgIpc) is 2.48. The predicted octanol–water partition coefficient (Wildman–Crippen LogP) is 5.54. The number of hydrogen-bond donors (Lipinski definition) is 0. The van der Waals surface area contributed by atoms with E-state index < -0.39 is 48.9 Å². The Morgan fingerprint density at radius 2 is 1.27 bits per heavy atom. The van der Waals surface area contributed by atoms with Crippen molar-refractivity contribution in [2.45, 2.75) is 36.7 Å². The van der Waals surface area contributed by atoms with Gasteiger partial charge in [0.1, 0.15) is 12.4 Å². The largest absolute Gasteiger partial charge is 0.497 e. The van der Waals surface area contributed by atoms with Crippen molar-refractivity contribution in [3.63, 3.8) is 0 Å². The van der Waals surface area contributed by atoms with Gasteiger partial charge in [0.25, 0.3) is 0 Å². The van der Waals surface area contributed by atoms with E-state index in [0.717, 1.165) is 24.3 Å². The predicted molar refractivity (Wildman–Crippen MR) is 68.3 cm³/mol. The van der Waals surface area contributed by atoms with Crippen molar-refractivity contribution in [1.29, 1.82) is 0 Å². The van der Waals surface area contributed by atoms with Crippen LogP contribution in [0.25, 0.3) is 0 Å². The fourth-order valence-corrected chi connectivity index (χ4v) is 1.93. The molecule has 0 fully saturated rings. The summed E-state index contributed by atoms with van der Waals surface area (Å²) in [6, 6.07) is 3.90. The van der Waals surface area contributed by atoms with Crippen molar-refractivity contribution in [3.05, 3.63) is 29.8 Å². The van der Waals surface area contributed by atoms with Crippen molar-refractivity contribution in [2.75, 3.05) is 13.7 Å². The molecular weight excluding hydrogens is 390 g/mol. The standard InChI is InChI=1S/C14H12F10O2/c1-25-9-4-2-8(3-5-9)10(26-7-12(16,17)18)6-11(15,13(19,20)21)14(22,23)24/h2-5,10H,6-7H2,1H3. The maximum absolute atomic E-state index is 13.9. The first-order chi connectivity index (χ1) is 11.6. The van der Waals surface area contributed by atoms with Crippen LogP contribution in [-0.2, 0) is 4.74 Å². The summed E-state index contributed by atoms with van der Waals surface area (Å²) in [5.41, 5.74) is -6.26. The zero-order chi connectivity index (χ0) is 20.4. The smallest absolute Gasteiger partial charge is 0.431 e. The molecule has 12 heteroatoms. The fraction of sp³-hybridized carbons (Fsp3) is 0.571. The van der Waals surface area contributed by atoms with Crippen LogP contribution in [0.4, 0.5) is 43.9 Å². The zero-order valence-corrected chi connectivity index (χ0v) is 12.9. The van der Waals surface area contributed by atoms with Gasteiger partial charge in [0.15, 0.2) is 0 Å². The highest BCUT2D eigenvalue weighted by atomic mass is 19.4. The van der Waals surface area contributed by atoms with E-state index in [1.54, 1.807) is 0 Å². The van der Waals surface area contributed by atoms with Crippen LogP contribution in [0.1, 0.15) is 18.1 Å². The Bertz CT molecular complexity index is 559. The van der Waals surface area contributed by atoms with Gasteiger partial charge in [-0.15, -0.1) is 0 Å². The van der Waals surface area contributed by atoms with Crippen LogP contribution in [-0.4, -0.2) is 37.9 Å². The molecule has 26 heavy (non-hydrogen) atoms. The summed E-state index contributed by atoms with van der Waals surface area (Å²) < 4.78 is 136. The van der Waals surface area contributed by atoms with Gasteiger partial charge in [0.2, 0.25) is 0 Å². The maximum atomic E-state index is 13.9. The number of ether oxygens (including phenoxy) is 2. The Hall–Kier alpha value is -1.72. The van der Waals surface area contributed by atoms with E-state index in [1.807, 2.05) is 0 Å². The second-order valence-corrected chi connectivity index (χ2v) is 5.19. The van der Waals surface area contributed by atoms with Crippen molar-refractivity contribution in [3.8, 4) is 5.75 Å². The lowest BCUT2D eigenvalue weighted by Gasteiger charge is -2.33. The number of methoxy groups -OCH3 is 1. The van der Waals surface area contributed by atoms with Crippen LogP contribution in [0.3, 0.4) is 0 Å². The summed E-state index contributed by atoms with van der Waals surface area (Å²) in [5, 5.41) is 0. The third-order valence-electron chi connectivity index (χ3n) is 3.30. The lowest BCUT2D eigenvalue weighted by atomic mass is 9.92. The van der Waals surface area contributed by atoms with Crippen LogP contribution >= 0.6 is 0 Å². The SMILES string of the molecule is COc1ccc(C(CC(F)(C(F)(F)F)C(F)(F)F)OCC(F)(F)F)cc1. The minimum absolute atomic E-state index is 0.126. The number of alkyl halides is 10. The van der Waals surface area contributed by atoms with E-state index in [-0.39, 0.29) is 5.75 Å². The highest BCUT2D eigenvalue weighted by Crippen LogP contribution is 2.51. The van der Waals surface area contributed by atoms with Gasteiger partial charge in [-0.05, 0) is 17.7 Å². The van der Waals surface area contributed by atoms with Crippen molar-refractivity contribution < 1.29 is 53.4 Å². The van der Waals surface area contributed by atoms with Gasteiger partial charge in [0.05, 0.1) is 13.2 Å². The monoisotopic (exact) mass is 402 g/mol. The number of hydrogen-bond acceptors (Lipinski definition) is 2. The molecule has 0 bridgehead atoms. The molecule has 0 saturated carbocycles. The first-order valence-electron chi connectivity index (χ1n) is 6.75. The van der Waals surface area contributed by atoms with E-state index in [2.05, 4.69) is 4.74 Å². The molecule has 1 unspecified atom stereocenters. The third-order valence-corrected chi connectivity index (χ3v) is 3.30. The molecule has 2 nitrogen and oxygen atoms in total. The Morgan fingerprint density at radius 3 is 1.62 bits per heavy atom. The molecule has 0 heterocycles. The zero-order valence-electron chi connectivity index (χ0n) is 12.9. The summed E-state index contributed by atoms with van der Waals surface area (Å²) in [6.07, 6.45) is -22.7. The van der Waals surface area contributed by atoms with E-state index in [9.17, 15) is 43.9 Å². The molecule has 0 N–H and O–H groups in total. The van der Waals surface area contributed by atoms with Crippen LogP contribution < -0.4 is 4.74 Å². The molecule has 0 aliphatic heterocycles. The van der Waals surface area contributed by atoms with Gasteiger partial charge in [-0.1, -0.05) is 12.1 Å². The molecule has 0 aliphatic rings. The Labute approximate surface area is 140 Å². The fourth-order valence-electron chi connectivity index (χ4n) is 1.93. The molecule has 0 saturated heterocycles. The molecule has 0 radical (unpaired) electrons. The lowest BCUT2D eigenvalue weighted by molar-refractivity contribution is -0.349. The summed E-state index contributed by atoms with van der Waals surface area (Å²) in [5.74, 6) is 0.126. The molecule has 0 spiro atoms. The minimum Gasteiger partial charge on any atom is -0.497 e. The average molecular weight is 402 g/mol. The Kier molecular flexibility index (Phi) is 6.43. The summed E-state index contributed by atoms with van der Waals surface area (Å²) >= 11 is 0. The lowest BCUT2D eigenvalue weighted by Crippen LogP contribution is -2.54. The summed E-state index contributed by atoms with van der Waals surface area (Å²) in [6.45, 7) is -2.16. The topological polar surface area (TPSA) is 18.5 Å². The number of halogens is 10. The van der Waals surface area contributed by atoms with Crippen molar-refractivity contribution in [1.82, 2.24) is 0 Å². The molecule has 0 aliphatic carbocycles. The van der Waals surface area contributed by atoms with E-state index >= 15 is 0 Å². The highest BCUT2D eigenvalue weighted by Gasteiger charge is 2.72. The van der Waals surface area contributed by atoms with E-state index in [0.29, 0.717) is 0 Å². The molecule has 0 amide bonds. The molecule has 150 valence electrons. The van der Waals surface area contributed by atoms with Gasteiger partial charge in [-0.25, -0.2) is 4.39 Å². The first kappa shape index (κ1) is 22.3. The van der Waals surface area contributed by atoms with Gasteiger partial charge in [-0.2, -0.15) is 39.5 Å². The quantitative estimate of drug-likeness (QED) is 0.582. The molecular formula is C14H12F10O2. The molecule has 1 rings (SSSR count). The maximum Gasteiger partial charge on any atom is 0.431 e. The van der Waals surface area contributed by atoms with Gasteiger partial charge < -0.3 is 9.47 Å². The Balaban J connectivity index is 3.25. The van der Waals surface area contributed by atoms with Crippen LogP contribution in [0.15, 0.2) is 24.3 Å². The second-order valence-electron chi connectivity index (χ2n) is 5.19. The van der Waals surface area contributed by atoms with Gasteiger partial charge in [-0.3, -0.25) is 0 Å². The van der Waals surface area contributed by atoms with E-state index in [4.69, 9.17) is 4.74 Å². The van der Waals surface area contributed by atoms with Crippen LogP contribution in [0, 0.1) is 0 Å². The molecule has 1 atom stereocenters. The third kappa shape index (κ3) is 5.39. The second kappa shape index (κ2) is 7.49.